The molecular weight excluding hydrogens is 260 g/mol. The minimum absolute atomic E-state index is 0.256. The van der Waals surface area contributed by atoms with Gasteiger partial charge in [-0.3, -0.25) is 4.90 Å². The van der Waals surface area contributed by atoms with Gasteiger partial charge < -0.3 is 10.6 Å². The maximum atomic E-state index is 14.0. The topological polar surface area (TPSA) is 32.5 Å². The lowest BCUT2D eigenvalue weighted by Crippen LogP contribution is -2.53. The van der Waals surface area contributed by atoms with Crippen LogP contribution < -0.4 is 5.73 Å². The maximum absolute atomic E-state index is 14.0. The summed E-state index contributed by atoms with van der Waals surface area (Å²) in [7, 11) is 2.10. The first-order chi connectivity index (χ1) is 9.58. The van der Waals surface area contributed by atoms with Gasteiger partial charge in [-0.15, -0.1) is 0 Å². The van der Waals surface area contributed by atoms with Crippen LogP contribution in [0.25, 0.3) is 0 Å². The van der Waals surface area contributed by atoms with E-state index in [-0.39, 0.29) is 6.04 Å². The highest BCUT2D eigenvalue weighted by molar-refractivity contribution is 5.23. The van der Waals surface area contributed by atoms with Crippen molar-refractivity contribution in [2.75, 3.05) is 33.2 Å². The lowest BCUT2D eigenvalue weighted by atomic mass is 10.0. The van der Waals surface area contributed by atoms with E-state index in [9.17, 15) is 8.78 Å². The van der Waals surface area contributed by atoms with Crippen LogP contribution in [-0.2, 0) is 0 Å². The van der Waals surface area contributed by atoms with E-state index in [1.54, 1.807) is 12.1 Å². The van der Waals surface area contributed by atoms with Gasteiger partial charge in [0.1, 0.15) is 0 Å². The van der Waals surface area contributed by atoms with Crippen molar-refractivity contribution in [2.24, 2.45) is 5.73 Å². The molecule has 2 atom stereocenters. The Kier molecular flexibility index (Phi) is 5.07. The molecule has 1 heterocycles. The lowest BCUT2D eigenvalue weighted by Gasteiger charge is -2.42. The van der Waals surface area contributed by atoms with Crippen LogP contribution in [0, 0.1) is 11.6 Å². The van der Waals surface area contributed by atoms with E-state index >= 15 is 0 Å². The summed E-state index contributed by atoms with van der Waals surface area (Å²) in [5.41, 5.74) is 6.20. The number of benzene rings is 1. The summed E-state index contributed by atoms with van der Waals surface area (Å²) in [6, 6.07) is 4.51. The molecule has 1 aromatic carbocycles. The lowest BCUT2D eigenvalue weighted by molar-refractivity contribution is 0.0631. The molecule has 0 spiro atoms. The Morgan fingerprint density at radius 2 is 2.10 bits per heavy atom. The van der Waals surface area contributed by atoms with Gasteiger partial charge in [0, 0.05) is 37.8 Å². The van der Waals surface area contributed by atoms with Gasteiger partial charge in [0.25, 0.3) is 0 Å². The molecule has 2 N–H and O–H groups in total. The number of likely N-dealkylation sites (N-methyl/N-ethyl adjacent to an activating group) is 1. The largest absolute Gasteiger partial charge is 0.329 e. The fourth-order valence-electron chi connectivity index (χ4n) is 2.94. The zero-order valence-corrected chi connectivity index (χ0v) is 12.1. The van der Waals surface area contributed by atoms with Crippen LogP contribution in [0.4, 0.5) is 8.78 Å². The van der Waals surface area contributed by atoms with E-state index in [1.165, 1.54) is 0 Å². The Balaban J connectivity index is 2.22. The molecule has 0 saturated carbocycles. The molecule has 0 amide bonds. The molecule has 5 heteroatoms. The molecule has 1 fully saturated rings. The van der Waals surface area contributed by atoms with Crippen molar-refractivity contribution in [1.82, 2.24) is 9.80 Å². The number of rotatable bonds is 4. The molecule has 1 aromatic rings. The number of nitrogens with two attached hydrogens (primary N) is 1. The molecule has 3 nitrogen and oxygen atoms in total. The molecule has 0 bridgehead atoms. The maximum Gasteiger partial charge on any atom is 0.163 e. The summed E-state index contributed by atoms with van der Waals surface area (Å²) >= 11 is 0. The minimum Gasteiger partial charge on any atom is -0.329 e. The quantitative estimate of drug-likeness (QED) is 0.917. The SMILES string of the molecule is CCC1CN(C(CN)c2cccc(F)c2F)CCN1C. The highest BCUT2D eigenvalue weighted by Crippen LogP contribution is 2.26. The Morgan fingerprint density at radius 3 is 2.75 bits per heavy atom. The predicted molar refractivity (Wildman–Crippen MR) is 76.4 cm³/mol. The Bertz CT molecular complexity index is 453. The number of halogens is 2. The van der Waals surface area contributed by atoms with Crippen LogP contribution >= 0.6 is 0 Å². The van der Waals surface area contributed by atoms with E-state index in [0.717, 1.165) is 32.1 Å². The zero-order valence-electron chi connectivity index (χ0n) is 12.1. The van der Waals surface area contributed by atoms with Crippen LogP contribution in [0.3, 0.4) is 0 Å². The zero-order chi connectivity index (χ0) is 14.7. The second-order valence-corrected chi connectivity index (χ2v) is 5.43. The van der Waals surface area contributed by atoms with Gasteiger partial charge in [-0.25, -0.2) is 8.78 Å². The standard InChI is InChI=1S/C15H23F2N3/c1-3-11-10-20(8-7-19(11)2)14(9-18)12-5-4-6-13(16)15(12)17/h4-6,11,14H,3,7-10,18H2,1-2H3. The van der Waals surface area contributed by atoms with Gasteiger partial charge in [-0.1, -0.05) is 19.1 Å². The van der Waals surface area contributed by atoms with Crippen molar-refractivity contribution in [2.45, 2.75) is 25.4 Å². The molecule has 112 valence electrons. The van der Waals surface area contributed by atoms with Crippen LogP contribution in [-0.4, -0.2) is 49.1 Å². The molecule has 20 heavy (non-hydrogen) atoms. The van der Waals surface area contributed by atoms with E-state index in [1.807, 2.05) is 0 Å². The van der Waals surface area contributed by atoms with E-state index < -0.39 is 11.6 Å². The van der Waals surface area contributed by atoms with E-state index in [0.29, 0.717) is 18.2 Å². The number of hydrogen-bond donors (Lipinski definition) is 1. The fraction of sp³-hybridized carbons (Fsp3) is 0.600. The van der Waals surface area contributed by atoms with Crippen molar-refractivity contribution in [3.05, 3.63) is 35.4 Å². The van der Waals surface area contributed by atoms with Gasteiger partial charge in [0.05, 0.1) is 6.04 Å². The van der Waals surface area contributed by atoms with E-state index in [4.69, 9.17) is 5.73 Å². The smallest absolute Gasteiger partial charge is 0.163 e. The average molecular weight is 283 g/mol. The summed E-state index contributed by atoms with van der Waals surface area (Å²) in [4.78, 5) is 4.48. The molecule has 1 aliphatic heterocycles. The normalized spacial score (nSPS) is 22.9. The van der Waals surface area contributed by atoms with Gasteiger partial charge in [0.2, 0.25) is 0 Å². The summed E-state index contributed by atoms with van der Waals surface area (Å²) in [6.45, 7) is 5.02. The predicted octanol–water partition coefficient (Wildman–Crippen LogP) is 1.99. The third-order valence-corrected chi connectivity index (χ3v) is 4.28. The van der Waals surface area contributed by atoms with E-state index in [2.05, 4.69) is 23.8 Å². The number of nitrogens with zero attached hydrogens (tertiary/aromatic N) is 2. The average Bonchev–Trinajstić information content (AvgIpc) is 2.45. The van der Waals surface area contributed by atoms with Crippen LogP contribution in [0.15, 0.2) is 18.2 Å². The first kappa shape index (κ1) is 15.4. The number of piperazine rings is 1. The Hall–Kier alpha value is -1.04. The Labute approximate surface area is 119 Å². The monoisotopic (exact) mass is 283 g/mol. The van der Waals surface area contributed by atoms with Crippen molar-refractivity contribution >= 4 is 0 Å². The van der Waals surface area contributed by atoms with Crippen LogP contribution in [0.5, 0.6) is 0 Å². The summed E-state index contributed by atoms with van der Waals surface area (Å²) in [6.07, 6.45) is 1.04. The molecule has 2 unspecified atom stereocenters. The highest BCUT2D eigenvalue weighted by Gasteiger charge is 2.29. The fourth-order valence-corrected chi connectivity index (χ4v) is 2.94. The molecule has 0 radical (unpaired) electrons. The summed E-state index contributed by atoms with van der Waals surface area (Å²) < 4.78 is 27.4. The molecule has 0 aromatic heterocycles. The molecule has 1 aliphatic rings. The van der Waals surface area contributed by atoms with Crippen LogP contribution in [0.2, 0.25) is 0 Å². The second-order valence-electron chi connectivity index (χ2n) is 5.43. The van der Waals surface area contributed by atoms with Gasteiger partial charge in [0.15, 0.2) is 11.6 Å². The highest BCUT2D eigenvalue weighted by atomic mass is 19.2. The first-order valence-corrected chi connectivity index (χ1v) is 7.16. The van der Waals surface area contributed by atoms with Gasteiger partial charge in [-0.2, -0.15) is 0 Å². The molecule has 0 aliphatic carbocycles. The van der Waals surface area contributed by atoms with Gasteiger partial charge >= 0.3 is 0 Å². The molecular formula is C15H23F2N3. The molecule has 2 rings (SSSR count). The summed E-state index contributed by atoms with van der Waals surface area (Å²) in [5.74, 6) is -1.57. The van der Waals surface area contributed by atoms with Crippen LogP contribution in [0.1, 0.15) is 24.9 Å². The van der Waals surface area contributed by atoms with Crippen molar-refractivity contribution in [3.63, 3.8) is 0 Å². The third-order valence-electron chi connectivity index (χ3n) is 4.28. The second kappa shape index (κ2) is 6.61. The van der Waals surface area contributed by atoms with Crippen molar-refractivity contribution in [1.29, 1.82) is 0 Å². The van der Waals surface area contributed by atoms with Crippen molar-refractivity contribution < 1.29 is 8.78 Å². The number of hydrogen-bond acceptors (Lipinski definition) is 3. The Morgan fingerprint density at radius 1 is 1.35 bits per heavy atom. The van der Waals surface area contributed by atoms with Crippen molar-refractivity contribution in [3.8, 4) is 0 Å². The minimum atomic E-state index is -0.804. The third kappa shape index (κ3) is 3.00. The first-order valence-electron chi connectivity index (χ1n) is 7.16. The molecule has 1 saturated heterocycles. The summed E-state index contributed by atoms with van der Waals surface area (Å²) in [5, 5.41) is 0. The van der Waals surface area contributed by atoms with Gasteiger partial charge in [-0.05, 0) is 19.5 Å².